The Morgan fingerprint density at radius 2 is 1.95 bits per heavy atom. The van der Waals surface area contributed by atoms with Gasteiger partial charge in [0.15, 0.2) is 0 Å². The van der Waals surface area contributed by atoms with Gasteiger partial charge in [0.2, 0.25) is 0 Å². The highest BCUT2D eigenvalue weighted by molar-refractivity contribution is 7.11. The Balaban J connectivity index is 1.88. The van der Waals surface area contributed by atoms with Crippen molar-refractivity contribution in [2.75, 3.05) is 6.54 Å². The smallest absolute Gasteiger partial charge is 0.0925 e. The summed E-state index contributed by atoms with van der Waals surface area (Å²) in [5.74, 6) is 0. The van der Waals surface area contributed by atoms with Gasteiger partial charge in [-0.05, 0) is 12.0 Å². The van der Waals surface area contributed by atoms with E-state index < -0.39 is 0 Å². The molecular formula is C16H22N2S. The number of thiazole rings is 1. The molecule has 0 aliphatic carbocycles. The topological polar surface area (TPSA) is 24.9 Å². The van der Waals surface area contributed by atoms with Gasteiger partial charge in [-0.25, -0.2) is 4.98 Å². The molecule has 2 rings (SSSR count). The fourth-order valence-corrected chi connectivity index (χ4v) is 2.91. The van der Waals surface area contributed by atoms with Crippen LogP contribution in [0.1, 0.15) is 36.2 Å². The first-order chi connectivity index (χ1) is 9.12. The van der Waals surface area contributed by atoms with E-state index in [9.17, 15) is 0 Å². The second kappa shape index (κ2) is 6.31. The molecule has 0 bridgehead atoms. The van der Waals surface area contributed by atoms with Crippen molar-refractivity contribution < 1.29 is 0 Å². The summed E-state index contributed by atoms with van der Waals surface area (Å²) >= 11 is 1.81. The van der Waals surface area contributed by atoms with E-state index in [2.05, 4.69) is 61.4 Å². The van der Waals surface area contributed by atoms with E-state index in [0.717, 1.165) is 19.5 Å². The highest BCUT2D eigenvalue weighted by atomic mass is 32.1. The summed E-state index contributed by atoms with van der Waals surface area (Å²) in [6.07, 6.45) is 3.02. The maximum Gasteiger partial charge on any atom is 0.0925 e. The molecule has 1 heterocycles. The molecule has 0 aliphatic heterocycles. The minimum atomic E-state index is 0.152. The van der Waals surface area contributed by atoms with Crippen LogP contribution in [0, 0.1) is 0 Å². The van der Waals surface area contributed by atoms with Crippen molar-refractivity contribution in [2.45, 2.75) is 39.2 Å². The molecule has 0 saturated carbocycles. The first-order valence-corrected chi connectivity index (χ1v) is 7.63. The normalized spacial score (nSPS) is 11.7. The van der Waals surface area contributed by atoms with E-state index in [4.69, 9.17) is 0 Å². The lowest BCUT2D eigenvalue weighted by molar-refractivity contribution is 0.470. The maximum atomic E-state index is 4.39. The van der Waals surface area contributed by atoms with Gasteiger partial charge in [-0.3, -0.25) is 0 Å². The van der Waals surface area contributed by atoms with Crippen molar-refractivity contribution in [3.05, 3.63) is 52.0 Å². The molecule has 0 amide bonds. The van der Waals surface area contributed by atoms with E-state index >= 15 is 0 Å². The van der Waals surface area contributed by atoms with Crippen LogP contribution >= 0.6 is 11.3 Å². The Hall–Kier alpha value is -1.19. The first kappa shape index (κ1) is 14.2. The highest BCUT2D eigenvalue weighted by Crippen LogP contribution is 2.22. The molecule has 19 heavy (non-hydrogen) atoms. The summed E-state index contributed by atoms with van der Waals surface area (Å²) in [5.41, 5.74) is 1.53. The van der Waals surface area contributed by atoms with E-state index in [1.54, 1.807) is 11.3 Å². The Labute approximate surface area is 119 Å². The van der Waals surface area contributed by atoms with Crippen molar-refractivity contribution in [3.63, 3.8) is 0 Å². The highest BCUT2D eigenvalue weighted by Gasteiger charge is 2.19. The number of hydrogen-bond donors (Lipinski definition) is 1. The first-order valence-electron chi connectivity index (χ1n) is 6.81. The third-order valence-electron chi connectivity index (χ3n) is 3.33. The van der Waals surface area contributed by atoms with Crippen LogP contribution < -0.4 is 5.32 Å². The summed E-state index contributed by atoms with van der Waals surface area (Å²) in [5, 5.41) is 4.77. The van der Waals surface area contributed by atoms with Crippen molar-refractivity contribution in [2.24, 2.45) is 0 Å². The number of benzene rings is 1. The maximum absolute atomic E-state index is 4.39. The minimum Gasteiger partial charge on any atom is -0.311 e. The molecule has 0 atom stereocenters. The lowest BCUT2D eigenvalue weighted by atomic mass is 9.85. The van der Waals surface area contributed by atoms with Crippen LogP contribution in [0.4, 0.5) is 0 Å². The number of aromatic nitrogens is 1. The van der Waals surface area contributed by atoms with Gasteiger partial charge in [-0.15, -0.1) is 11.3 Å². The molecule has 0 saturated heterocycles. The van der Waals surface area contributed by atoms with Crippen molar-refractivity contribution in [3.8, 4) is 0 Å². The zero-order chi connectivity index (χ0) is 13.7. The minimum absolute atomic E-state index is 0.152. The summed E-state index contributed by atoms with van der Waals surface area (Å²) in [7, 11) is 0. The summed E-state index contributed by atoms with van der Waals surface area (Å²) in [4.78, 5) is 5.71. The molecule has 3 heteroatoms. The third kappa shape index (κ3) is 3.88. The van der Waals surface area contributed by atoms with Crippen LogP contribution in [0.3, 0.4) is 0 Å². The van der Waals surface area contributed by atoms with Crippen molar-refractivity contribution >= 4 is 11.3 Å². The van der Waals surface area contributed by atoms with E-state index in [1.807, 2.05) is 6.20 Å². The molecule has 0 aliphatic rings. The molecular weight excluding hydrogens is 252 g/mol. The average Bonchev–Trinajstić information content (AvgIpc) is 2.87. The monoisotopic (exact) mass is 274 g/mol. The Bertz CT molecular complexity index is 502. The van der Waals surface area contributed by atoms with Crippen molar-refractivity contribution in [1.82, 2.24) is 10.3 Å². The molecule has 1 aromatic carbocycles. The lowest BCUT2D eigenvalue weighted by Gasteiger charge is -2.25. The van der Waals surface area contributed by atoms with Crippen LogP contribution in [0.2, 0.25) is 0 Å². The van der Waals surface area contributed by atoms with E-state index in [0.29, 0.717) is 0 Å². The number of rotatable bonds is 6. The summed E-state index contributed by atoms with van der Waals surface area (Å²) in [6, 6.07) is 10.7. The van der Waals surface area contributed by atoms with Gasteiger partial charge in [-0.2, -0.15) is 0 Å². The molecule has 0 radical (unpaired) electrons. The van der Waals surface area contributed by atoms with Crippen LogP contribution in [-0.4, -0.2) is 11.5 Å². The van der Waals surface area contributed by atoms with Crippen LogP contribution in [0.15, 0.2) is 36.5 Å². The lowest BCUT2D eigenvalue weighted by Crippen LogP contribution is -2.32. The summed E-state index contributed by atoms with van der Waals surface area (Å²) in [6.45, 7) is 8.58. The largest absolute Gasteiger partial charge is 0.311 e. The average molecular weight is 274 g/mol. The van der Waals surface area contributed by atoms with Gasteiger partial charge in [-0.1, -0.05) is 51.1 Å². The summed E-state index contributed by atoms with van der Waals surface area (Å²) < 4.78 is 0. The second-order valence-electron chi connectivity index (χ2n) is 5.43. The molecule has 102 valence electrons. The number of nitrogens with zero attached hydrogens (tertiary/aromatic N) is 1. The predicted molar refractivity (Wildman–Crippen MR) is 82.7 cm³/mol. The predicted octanol–water partition coefficient (Wildman–Crippen LogP) is 3.77. The molecule has 0 fully saturated rings. The zero-order valence-corrected chi connectivity index (χ0v) is 12.8. The van der Waals surface area contributed by atoms with Gasteiger partial charge >= 0.3 is 0 Å². The van der Waals surface area contributed by atoms with Gasteiger partial charge in [0.25, 0.3) is 0 Å². The molecule has 2 aromatic rings. The van der Waals surface area contributed by atoms with Gasteiger partial charge in [0.05, 0.1) is 5.01 Å². The van der Waals surface area contributed by atoms with Crippen LogP contribution in [0.5, 0.6) is 0 Å². The Morgan fingerprint density at radius 3 is 2.58 bits per heavy atom. The van der Waals surface area contributed by atoms with Crippen LogP contribution in [0.25, 0.3) is 0 Å². The number of hydrogen-bond acceptors (Lipinski definition) is 3. The fourth-order valence-electron chi connectivity index (χ4n) is 2.08. The van der Waals surface area contributed by atoms with Gasteiger partial charge in [0.1, 0.15) is 0 Å². The SMILES string of the molecule is CCc1ncc(CNCC(C)(C)c2ccccc2)s1. The second-order valence-corrected chi connectivity index (χ2v) is 6.63. The Kier molecular flexibility index (Phi) is 4.72. The third-order valence-corrected chi connectivity index (χ3v) is 4.47. The van der Waals surface area contributed by atoms with E-state index in [1.165, 1.54) is 15.4 Å². The van der Waals surface area contributed by atoms with Crippen molar-refractivity contribution in [1.29, 1.82) is 0 Å². The zero-order valence-electron chi connectivity index (χ0n) is 11.9. The van der Waals surface area contributed by atoms with E-state index in [-0.39, 0.29) is 5.41 Å². The Morgan fingerprint density at radius 1 is 1.21 bits per heavy atom. The number of aryl methyl sites for hydroxylation is 1. The van der Waals surface area contributed by atoms with Gasteiger partial charge in [0, 0.05) is 29.6 Å². The molecule has 2 nitrogen and oxygen atoms in total. The molecule has 1 aromatic heterocycles. The molecule has 1 N–H and O–H groups in total. The standard InChI is InChI=1S/C16H22N2S/c1-4-15-18-11-14(19-15)10-17-12-16(2,3)13-8-6-5-7-9-13/h5-9,11,17H,4,10,12H2,1-3H3. The molecule has 0 spiro atoms. The quantitative estimate of drug-likeness (QED) is 0.867. The fraction of sp³-hybridized carbons (Fsp3) is 0.438. The number of nitrogens with one attached hydrogen (secondary N) is 1. The van der Waals surface area contributed by atoms with Gasteiger partial charge < -0.3 is 5.32 Å². The van der Waals surface area contributed by atoms with Crippen LogP contribution in [-0.2, 0) is 18.4 Å². The molecule has 0 unspecified atom stereocenters.